The van der Waals surface area contributed by atoms with Crippen LogP contribution in [0.4, 0.5) is 0 Å². The molecule has 150 valence electrons. The van der Waals surface area contributed by atoms with E-state index >= 15 is 0 Å². The number of aromatic nitrogens is 3. The molecule has 1 saturated carbocycles. The summed E-state index contributed by atoms with van der Waals surface area (Å²) in [5.74, 6) is 2.02. The summed E-state index contributed by atoms with van der Waals surface area (Å²) < 4.78 is 4.65. The van der Waals surface area contributed by atoms with Crippen LogP contribution in [0.3, 0.4) is 0 Å². The van der Waals surface area contributed by atoms with Crippen LogP contribution in [0.15, 0.2) is 54.7 Å². The number of pyridine rings is 1. The van der Waals surface area contributed by atoms with Crippen molar-refractivity contribution >= 4 is 11.0 Å². The minimum Gasteiger partial charge on any atom is -0.296 e. The van der Waals surface area contributed by atoms with Gasteiger partial charge in [-0.25, -0.2) is 9.55 Å². The Balaban J connectivity index is 1.49. The maximum Gasteiger partial charge on any atom is 0.213 e. The first-order chi connectivity index (χ1) is 14.7. The van der Waals surface area contributed by atoms with Gasteiger partial charge in [-0.15, -0.1) is 0 Å². The molecule has 1 fully saturated rings. The number of hydrogen-bond acceptors (Lipinski definition) is 1. The van der Waals surface area contributed by atoms with Gasteiger partial charge < -0.3 is 0 Å². The fourth-order valence-electron chi connectivity index (χ4n) is 5.66. The van der Waals surface area contributed by atoms with Crippen LogP contribution in [0.1, 0.15) is 48.2 Å². The predicted octanol–water partition coefficient (Wildman–Crippen LogP) is 5.46. The second-order valence-corrected chi connectivity index (χ2v) is 9.17. The first-order valence-electron chi connectivity index (χ1n) is 11.3. The van der Waals surface area contributed by atoms with Gasteiger partial charge >= 0.3 is 0 Å². The molecule has 1 aliphatic heterocycles. The normalized spacial score (nSPS) is 15.7. The molecule has 0 atom stereocenters. The molecule has 1 aliphatic carbocycles. The molecular weight excluding hydrogens is 366 g/mol. The molecule has 3 heteroatoms. The highest BCUT2D eigenvalue weighted by Crippen LogP contribution is 2.39. The van der Waals surface area contributed by atoms with E-state index < -0.39 is 0 Å². The highest BCUT2D eigenvalue weighted by atomic mass is 15.1. The van der Waals surface area contributed by atoms with Crippen LogP contribution in [-0.2, 0) is 19.9 Å². The van der Waals surface area contributed by atoms with E-state index in [1.54, 1.807) is 0 Å². The zero-order chi connectivity index (χ0) is 20.2. The number of fused-ring (bicyclic) bond motifs is 5. The van der Waals surface area contributed by atoms with Crippen molar-refractivity contribution in [3.05, 3.63) is 77.2 Å². The van der Waals surface area contributed by atoms with Gasteiger partial charge in [-0.1, -0.05) is 43.9 Å². The first-order valence-corrected chi connectivity index (χ1v) is 11.3. The number of hydrogen-bond donors (Lipinski definition) is 0. The Labute approximate surface area is 178 Å². The average Bonchev–Trinajstić information content (AvgIpc) is 3.45. The predicted molar refractivity (Wildman–Crippen MR) is 121 cm³/mol. The van der Waals surface area contributed by atoms with E-state index in [1.165, 1.54) is 71.3 Å². The largest absolute Gasteiger partial charge is 0.296 e. The van der Waals surface area contributed by atoms with E-state index in [0.29, 0.717) is 0 Å². The van der Waals surface area contributed by atoms with Gasteiger partial charge in [0.25, 0.3) is 0 Å². The highest BCUT2D eigenvalue weighted by Gasteiger charge is 2.29. The molecule has 2 aromatic heterocycles. The summed E-state index contributed by atoms with van der Waals surface area (Å²) in [5.41, 5.74) is 10.5. The van der Waals surface area contributed by atoms with Gasteiger partial charge in [0.2, 0.25) is 5.69 Å². The van der Waals surface area contributed by atoms with Gasteiger partial charge in [0.05, 0.1) is 22.3 Å². The molecule has 4 aromatic rings. The van der Waals surface area contributed by atoms with Crippen LogP contribution < -0.4 is 4.57 Å². The lowest BCUT2D eigenvalue weighted by Gasteiger charge is -2.13. The van der Waals surface area contributed by atoms with E-state index in [4.69, 9.17) is 4.98 Å². The molecule has 30 heavy (non-hydrogen) atoms. The van der Waals surface area contributed by atoms with E-state index in [2.05, 4.69) is 77.8 Å². The van der Waals surface area contributed by atoms with Gasteiger partial charge in [-0.3, -0.25) is 4.57 Å². The van der Waals surface area contributed by atoms with Crippen LogP contribution >= 0.6 is 0 Å². The summed E-state index contributed by atoms with van der Waals surface area (Å²) in [7, 11) is 2.18. The number of aryl methyl sites for hydroxylation is 2. The van der Waals surface area contributed by atoms with Crippen molar-refractivity contribution in [1.29, 1.82) is 0 Å². The first kappa shape index (κ1) is 17.9. The van der Waals surface area contributed by atoms with Crippen LogP contribution in [0.25, 0.3) is 28.0 Å². The van der Waals surface area contributed by atoms with Crippen molar-refractivity contribution in [3.8, 4) is 16.9 Å². The minimum atomic E-state index is 0.865. The van der Waals surface area contributed by atoms with E-state index in [0.717, 1.165) is 23.7 Å². The average molecular weight is 395 g/mol. The lowest BCUT2D eigenvalue weighted by Crippen LogP contribution is -2.31. The molecule has 3 heterocycles. The number of benzene rings is 2. The number of rotatable bonds is 3. The molecule has 0 N–H and O–H groups in total. The highest BCUT2D eigenvalue weighted by molar-refractivity contribution is 5.83. The van der Waals surface area contributed by atoms with E-state index in [9.17, 15) is 0 Å². The lowest BCUT2D eigenvalue weighted by atomic mass is 9.93. The standard InChI is InChI=1S/C27H28N3/c1-18-11-12-23-21(17-26-28-22-9-5-6-10-24(22)30(23)26)27(18)25-16-20(13-14-29(25)2)15-19-7-3-4-8-19/h5-6,9-14,16,19H,3-4,7-8,15,17H2,1-2H3/q+1. The monoisotopic (exact) mass is 394 g/mol. The molecule has 0 saturated heterocycles. The van der Waals surface area contributed by atoms with Crippen molar-refractivity contribution in [2.75, 3.05) is 0 Å². The summed E-state index contributed by atoms with van der Waals surface area (Å²) in [6.07, 6.45) is 9.96. The summed E-state index contributed by atoms with van der Waals surface area (Å²) in [6.45, 7) is 2.25. The Morgan fingerprint density at radius 2 is 1.90 bits per heavy atom. The zero-order valence-corrected chi connectivity index (χ0v) is 17.9. The third-order valence-electron chi connectivity index (χ3n) is 7.17. The van der Waals surface area contributed by atoms with Gasteiger partial charge in [0, 0.05) is 18.6 Å². The molecular formula is C27H28N3+. The molecule has 0 amide bonds. The van der Waals surface area contributed by atoms with Gasteiger partial charge in [-0.05, 0) is 54.2 Å². The van der Waals surface area contributed by atoms with Crippen molar-refractivity contribution in [1.82, 2.24) is 9.55 Å². The Kier molecular flexibility index (Phi) is 4.05. The summed E-state index contributed by atoms with van der Waals surface area (Å²) in [6, 6.07) is 17.8. The van der Waals surface area contributed by atoms with Crippen molar-refractivity contribution in [2.24, 2.45) is 13.0 Å². The fraction of sp³-hybridized carbons (Fsp3) is 0.333. The van der Waals surface area contributed by atoms with Crippen LogP contribution in [0, 0.1) is 12.8 Å². The second kappa shape index (κ2) is 6.80. The SMILES string of the molecule is Cc1ccc2c(c1-c1cc(CC3CCCC3)cc[n+]1C)Cc1nc3ccccc3n1-2. The number of para-hydroxylation sites is 2. The summed E-state index contributed by atoms with van der Waals surface area (Å²) in [5, 5.41) is 0. The maximum absolute atomic E-state index is 4.94. The molecule has 0 radical (unpaired) electrons. The Morgan fingerprint density at radius 1 is 1.07 bits per heavy atom. The Bertz CT molecular complexity index is 1280. The summed E-state index contributed by atoms with van der Waals surface area (Å²) >= 11 is 0. The molecule has 3 nitrogen and oxygen atoms in total. The van der Waals surface area contributed by atoms with Crippen LogP contribution in [-0.4, -0.2) is 9.55 Å². The van der Waals surface area contributed by atoms with Gasteiger partial charge in [-0.2, -0.15) is 0 Å². The van der Waals surface area contributed by atoms with Gasteiger partial charge in [0.1, 0.15) is 12.9 Å². The quantitative estimate of drug-likeness (QED) is 0.372. The molecule has 6 rings (SSSR count). The van der Waals surface area contributed by atoms with E-state index in [-0.39, 0.29) is 0 Å². The molecule has 0 unspecified atom stereocenters. The van der Waals surface area contributed by atoms with Gasteiger partial charge in [0.15, 0.2) is 6.20 Å². The fourth-order valence-corrected chi connectivity index (χ4v) is 5.66. The molecule has 2 aliphatic rings. The van der Waals surface area contributed by atoms with Crippen LogP contribution in [0.2, 0.25) is 0 Å². The second-order valence-electron chi connectivity index (χ2n) is 9.17. The third kappa shape index (κ3) is 2.72. The maximum atomic E-state index is 4.94. The van der Waals surface area contributed by atoms with E-state index in [1.807, 2.05) is 0 Å². The smallest absolute Gasteiger partial charge is 0.213 e. The van der Waals surface area contributed by atoms with Crippen LogP contribution in [0.5, 0.6) is 0 Å². The topological polar surface area (TPSA) is 21.7 Å². The molecule has 0 spiro atoms. The van der Waals surface area contributed by atoms with Crippen molar-refractivity contribution < 1.29 is 4.57 Å². The number of nitrogens with zero attached hydrogens (tertiary/aromatic N) is 3. The lowest BCUT2D eigenvalue weighted by molar-refractivity contribution is -0.660. The summed E-state index contributed by atoms with van der Waals surface area (Å²) in [4.78, 5) is 4.94. The Hall–Kier alpha value is -2.94. The Morgan fingerprint density at radius 3 is 2.77 bits per heavy atom. The van der Waals surface area contributed by atoms with Crippen molar-refractivity contribution in [2.45, 2.75) is 45.4 Å². The minimum absolute atomic E-state index is 0.865. The molecule has 0 bridgehead atoms. The van der Waals surface area contributed by atoms with Crippen molar-refractivity contribution in [3.63, 3.8) is 0 Å². The zero-order valence-electron chi connectivity index (χ0n) is 17.9. The third-order valence-corrected chi connectivity index (χ3v) is 7.17. The molecule has 2 aromatic carbocycles. The number of imidazole rings is 1.